The average molecular weight is 317 g/mol. The molecule has 0 amide bonds. The Morgan fingerprint density at radius 2 is 1.75 bits per heavy atom. The molecule has 2 aromatic carbocycles. The molecule has 1 aromatic heterocycles. The summed E-state index contributed by atoms with van der Waals surface area (Å²) < 4.78 is 2.05. The summed E-state index contributed by atoms with van der Waals surface area (Å²) in [5.74, 6) is 1.96. The van der Waals surface area contributed by atoms with Crippen molar-refractivity contribution in [3.63, 3.8) is 0 Å². The Kier molecular flexibility index (Phi) is 5.22. The number of benzene rings is 2. The molecule has 3 nitrogen and oxygen atoms in total. The quantitative estimate of drug-likeness (QED) is 0.642. The van der Waals surface area contributed by atoms with Crippen LogP contribution in [0.5, 0.6) is 0 Å². The van der Waals surface area contributed by atoms with Crippen molar-refractivity contribution in [3.8, 4) is 0 Å². The fourth-order valence-corrected chi connectivity index (χ4v) is 2.75. The first-order valence-electron chi connectivity index (χ1n) is 8.46. The number of hydrogen-bond donors (Lipinski definition) is 0. The van der Waals surface area contributed by atoms with Crippen molar-refractivity contribution in [1.29, 1.82) is 0 Å². The van der Waals surface area contributed by atoms with Crippen molar-refractivity contribution >= 4 is 6.08 Å². The topological polar surface area (TPSA) is 30.7 Å². The van der Waals surface area contributed by atoms with E-state index in [0.717, 1.165) is 43.0 Å². The van der Waals surface area contributed by atoms with Crippen molar-refractivity contribution < 1.29 is 0 Å². The van der Waals surface area contributed by atoms with Gasteiger partial charge in [-0.1, -0.05) is 74.2 Å². The molecule has 0 aliphatic heterocycles. The molecule has 0 bridgehead atoms. The zero-order valence-electron chi connectivity index (χ0n) is 14.2. The molecule has 3 rings (SSSR count). The van der Waals surface area contributed by atoms with Gasteiger partial charge in [-0.25, -0.2) is 9.67 Å². The molecular weight excluding hydrogens is 294 g/mol. The van der Waals surface area contributed by atoms with Crippen molar-refractivity contribution in [2.24, 2.45) is 0 Å². The molecule has 24 heavy (non-hydrogen) atoms. The lowest BCUT2D eigenvalue weighted by Gasteiger charge is -2.05. The number of aromatic nitrogens is 3. The first kappa shape index (κ1) is 16.2. The highest BCUT2D eigenvalue weighted by molar-refractivity contribution is 5.47. The summed E-state index contributed by atoms with van der Waals surface area (Å²) in [6.07, 6.45) is 4.66. The Balaban J connectivity index is 1.81. The molecule has 1 heterocycles. The second kappa shape index (κ2) is 7.73. The fraction of sp³-hybridized carbons (Fsp3) is 0.238. The Bertz CT molecular complexity index is 786. The number of nitrogens with zero attached hydrogens (tertiary/aromatic N) is 3. The molecule has 0 saturated carbocycles. The highest BCUT2D eigenvalue weighted by Crippen LogP contribution is 2.12. The van der Waals surface area contributed by atoms with Crippen molar-refractivity contribution in [3.05, 3.63) is 89.5 Å². The molecule has 3 aromatic rings. The molecule has 0 spiro atoms. The van der Waals surface area contributed by atoms with Gasteiger partial charge in [-0.05, 0) is 23.1 Å². The van der Waals surface area contributed by atoms with E-state index < -0.39 is 0 Å². The minimum absolute atomic E-state index is 0.758. The third kappa shape index (κ3) is 3.99. The number of aryl methyl sites for hydroxylation is 1. The normalized spacial score (nSPS) is 10.7. The van der Waals surface area contributed by atoms with Gasteiger partial charge in [0.2, 0.25) is 0 Å². The highest BCUT2D eigenvalue weighted by Gasteiger charge is 2.10. The summed E-state index contributed by atoms with van der Waals surface area (Å²) in [7, 11) is 0. The average Bonchev–Trinajstić information content (AvgIpc) is 2.98. The van der Waals surface area contributed by atoms with Crippen molar-refractivity contribution in [1.82, 2.24) is 14.8 Å². The lowest BCUT2D eigenvalue weighted by atomic mass is 10.1. The zero-order valence-corrected chi connectivity index (χ0v) is 14.2. The van der Waals surface area contributed by atoms with E-state index in [1.807, 2.05) is 16.8 Å². The first-order chi connectivity index (χ1) is 11.8. The largest absolute Gasteiger partial charge is 0.245 e. The lowest BCUT2D eigenvalue weighted by molar-refractivity contribution is 0.626. The predicted molar refractivity (Wildman–Crippen MR) is 98.9 cm³/mol. The predicted octanol–water partition coefficient (Wildman–Crippen LogP) is 4.51. The van der Waals surface area contributed by atoms with E-state index in [4.69, 9.17) is 10.1 Å². The summed E-state index contributed by atoms with van der Waals surface area (Å²) in [5.41, 5.74) is 3.61. The molecule has 122 valence electrons. The van der Waals surface area contributed by atoms with Crippen LogP contribution in [0.15, 0.2) is 61.2 Å². The molecule has 0 saturated heterocycles. The van der Waals surface area contributed by atoms with E-state index in [9.17, 15) is 0 Å². The Morgan fingerprint density at radius 1 is 1.00 bits per heavy atom. The molecule has 0 atom stereocenters. The molecular formula is C21H23N3. The molecule has 3 heteroatoms. The maximum Gasteiger partial charge on any atom is 0.155 e. The Hall–Kier alpha value is -2.68. The van der Waals surface area contributed by atoms with Gasteiger partial charge < -0.3 is 0 Å². The molecule has 0 aliphatic carbocycles. The van der Waals surface area contributed by atoms with Crippen LogP contribution in [0.2, 0.25) is 0 Å². The molecule has 0 fully saturated rings. The Morgan fingerprint density at radius 3 is 2.42 bits per heavy atom. The molecule has 0 radical (unpaired) electrons. The summed E-state index contributed by atoms with van der Waals surface area (Å²) in [6.45, 7) is 6.73. The van der Waals surface area contributed by atoms with Crippen LogP contribution in [-0.4, -0.2) is 14.8 Å². The van der Waals surface area contributed by atoms with Gasteiger partial charge in [-0.2, -0.15) is 5.10 Å². The summed E-state index contributed by atoms with van der Waals surface area (Å²) in [6, 6.07) is 18.8. The summed E-state index contributed by atoms with van der Waals surface area (Å²) in [5, 5.41) is 4.75. The van der Waals surface area contributed by atoms with Gasteiger partial charge >= 0.3 is 0 Å². The van der Waals surface area contributed by atoms with Gasteiger partial charge in [0.1, 0.15) is 5.82 Å². The smallest absolute Gasteiger partial charge is 0.155 e. The van der Waals surface area contributed by atoms with Gasteiger partial charge in [-0.15, -0.1) is 0 Å². The standard InChI is InChI=1S/C21H23N3/c1-3-8-21-22-20(15-18-9-6-5-7-10-18)23-24(21)16-19-13-11-17(4-2)12-14-19/h4-7,9-14H,2-3,8,15-16H2,1H3. The molecule has 0 N–H and O–H groups in total. The first-order valence-corrected chi connectivity index (χ1v) is 8.46. The van der Waals surface area contributed by atoms with E-state index in [1.54, 1.807) is 0 Å². The van der Waals surface area contributed by atoms with E-state index in [2.05, 4.69) is 62.0 Å². The van der Waals surface area contributed by atoms with Crippen LogP contribution < -0.4 is 0 Å². The summed E-state index contributed by atoms with van der Waals surface area (Å²) >= 11 is 0. The van der Waals surface area contributed by atoms with Crippen molar-refractivity contribution in [2.75, 3.05) is 0 Å². The maximum atomic E-state index is 4.76. The second-order valence-corrected chi connectivity index (χ2v) is 5.96. The maximum absolute atomic E-state index is 4.76. The second-order valence-electron chi connectivity index (χ2n) is 5.96. The van der Waals surface area contributed by atoms with Crippen LogP contribution in [0.3, 0.4) is 0 Å². The van der Waals surface area contributed by atoms with E-state index in [1.165, 1.54) is 11.1 Å². The molecule has 0 unspecified atom stereocenters. The highest BCUT2D eigenvalue weighted by atomic mass is 15.3. The van der Waals surface area contributed by atoms with Crippen LogP contribution in [-0.2, 0) is 19.4 Å². The van der Waals surface area contributed by atoms with Gasteiger partial charge in [-0.3, -0.25) is 0 Å². The van der Waals surface area contributed by atoms with Gasteiger partial charge in [0, 0.05) is 12.8 Å². The SMILES string of the molecule is C=Cc1ccc(Cn2nc(Cc3ccccc3)nc2CCC)cc1. The molecule has 0 aliphatic rings. The number of rotatable bonds is 7. The third-order valence-electron chi connectivity index (χ3n) is 4.02. The van der Waals surface area contributed by atoms with E-state index >= 15 is 0 Å². The zero-order chi connectivity index (χ0) is 16.8. The van der Waals surface area contributed by atoms with Crippen LogP contribution in [0, 0.1) is 0 Å². The fourth-order valence-electron chi connectivity index (χ4n) is 2.75. The van der Waals surface area contributed by atoms with Gasteiger partial charge in [0.25, 0.3) is 0 Å². The third-order valence-corrected chi connectivity index (χ3v) is 4.02. The number of hydrogen-bond acceptors (Lipinski definition) is 2. The monoisotopic (exact) mass is 317 g/mol. The lowest BCUT2D eigenvalue weighted by Crippen LogP contribution is -2.07. The van der Waals surface area contributed by atoms with E-state index in [-0.39, 0.29) is 0 Å². The van der Waals surface area contributed by atoms with E-state index in [0.29, 0.717) is 0 Å². The van der Waals surface area contributed by atoms with Gasteiger partial charge in [0.15, 0.2) is 5.82 Å². The summed E-state index contributed by atoms with van der Waals surface area (Å²) in [4.78, 5) is 4.76. The van der Waals surface area contributed by atoms with Crippen LogP contribution in [0.1, 0.15) is 41.7 Å². The van der Waals surface area contributed by atoms with Gasteiger partial charge in [0.05, 0.1) is 6.54 Å². The Labute approximate surface area is 143 Å². The van der Waals surface area contributed by atoms with Crippen LogP contribution in [0.4, 0.5) is 0 Å². The minimum Gasteiger partial charge on any atom is -0.245 e. The van der Waals surface area contributed by atoms with Crippen LogP contribution >= 0.6 is 0 Å². The van der Waals surface area contributed by atoms with Crippen LogP contribution in [0.25, 0.3) is 6.08 Å². The van der Waals surface area contributed by atoms with Crippen molar-refractivity contribution in [2.45, 2.75) is 32.7 Å². The minimum atomic E-state index is 0.758.